The van der Waals surface area contributed by atoms with Crippen molar-refractivity contribution in [2.45, 2.75) is 6.54 Å². The van der Waals surface area contributed by atoms with Crippen LogP contribution in [-0.2, 0) is 13.6 Å². The van der Waals surface area contributed by atoms with Crippen molar-refractivity contribution in [1.29, 1.82) is 0 Å². The van der Waals surface area contributed by atoms with Gasteiger partial charge in [0.05, 0.1) is 24.9 Å². The number of rotatable bonds is 5. The third-order valence-electron chi connectivity index (χ3n) is 2.96. The van der Waals surface area contributed by atoms with Crippen LogP contribution in [0.2, 0.25) is 0 Å². The fraction of sp³-hybridized carbons (Fsp3) is 0.214. The van der Waals surface area contributed by atoms with Crippen molar-refractivity contribution in [2.75, 3.05) is 12.4 Å². The Balaban J connectivity index is 2.20. The summed E-state index contributed by atoms with van der Waals surface area (Å²) in [5.74, 6) is -0.330. The van der Waals surface area contributed by atoms with E-state index < -0.39 is 5.97 Å². The quantitative estimate of drug-likeness (QED) is 0.866. The van der Waals surface area contributed by atoms with E-state index in [-0.39, 0.29) is 5.56 Å². The summed E-state index contributed by atoms with van der Waals surface area (Å²) in [4.78, 5) is 11.0. The van der Waals surface area contributed by atoms with Gasteiger partial charge in [-0.1, -0.05) is 0 Å². The van der Waals surface area contributed by atoms with E-state index in [0.717, 1.165) is 5.69 Å². The van der Waals surface area contributed by atoms with E-state index in [1.165, 1.54) is 6.07 Å². The molecular weight excluding hydrogens is 244 g/mol. The first-order valence-electron chi connectivity index (χ1n) is 5.87. The van der Waals surface area contributed by atoms with Gasteiger partial charge >= 0.3 is 5.97 Å². The number of nitrogens with zero attached hydrogens (tertiary/aromatic N) is 1. The van der Waals surface area contributed by atoms with E-state index >= 15 is 0 Å². The molecule has 0 aliphatic rings. The molecule has 19 heavy (non-hydrogen) atoms. The first-order valence-corrected chi connectivity index (χ1v) is 5.87. The Morgan fingerprint density at radius 1 is 1.42 bits per heavy atom. The second-order valence-electron chi connectivity index (χ2n) is 4.18. The molecule has 5 heteroatoms. The van der Waals surface area contributed by atoms with Gasteiger partial charge in [0, 0.05) is 18.9 Å². The lowest BCUT2D eigenvalue weighted by atomic mass is 10.2. The second kappa shape index (κ2) is 5.48. The number of ether oxygens (including phenoxy) is 1. The highest BCUT2D eigenvalue weighted by atomic mass is 16.5. The second-order valence-corrected chi connectivity index (χ2v) is 4.18. The number of hydrogen-bond donors (Lipinski definition) is 2. The van der Waals surface area contributed by atoms with Gasteiger partial charge in [0.1, 0.15) is 5.75 Å². The summed E-state index contributed by atoms with van der Waals surface area (Å²) in [7, 11) is 3.52. The van der Waals surface area contributed by atoms with Gasteiger partial charge in [-0.2, -0.15) is 0 Å². The predicted molar refractivity (Wildman–Crippen MR) is 72.7 cm³/mol. The largest absolute Gasteiger partial charge is 0.495 e. The molecule has 2 N–H and O–H groups in total. The van der Waals surface area contributed by atoms with Gasteiger partial charge < -0.3 is 19.7 Å². The lowest BCUT2D eigenvalue weighted by Gasteiger charge is -2.12. The van der Waals surface area contributed by atoms with E-state index in [1.54, 1.807) is 19.2 Å². The maximum Gasteiger partial charge on any atom is 0.335 e. The van der Waals surface area contributed by atoms with Crippen molar-refractivity contribution >= 4 is 11.7 Å². The van der Waals surface area contributed by atoms with E-state index in [0.29, 0.717) is 18.0 Å². The Labute approximate surface area is 111 Å². The van der Waals surface area contributed by atoms with Gasteiger partial charge in [-0.15, -0.1) is 0 Å². The van der Waals surface area contributed by atoms with Crippen LogP contribution in [-0.4, -0.2) is 22.8 Å². The number of carboxylic acid groups (broad SMARTS) is 1. The molecule has 1 heterocycles. The molecule has 0 aliphatic heterocycles. The van der Waals surface area contributed by atoms with E-state index in [1.807, 2.05) is 29.9 Å². The van der Waals surface area contributed by atoms with Crippen LogP contribution in [0.1, 0.15) is 16.1 Å². The monoisotopic (exact) mass is 260 g/mol. The standard InChI is InChI=1S/C14H16N2O3/c1-16-7-3-4-11(16)9-15-12-8-10(14(17)18)5-6-13(12)19-2/h3-8,15H,9H2,1-2H3,(H,17,18). The SMILES string of the molecule is COc1ccc(C(=O)O)cc1NCc1cccn1C. The summed E-state index contributed by atoms with van der Waals surface area (Å²) in [6, 6.07) is 8.71. The minimum Gasteiger partial charge on any atom is -0.495 e. The molecule has 5 nitrogen and oxygen atoms in total. The van der Waals surface area contributed by atoms with Crippen molar-refractivity contribution in [2.24, 2.45) is 7.05 Å². The molecule has 0 aliphatic carbocycles. The number of methoxy groups -OCH3 is 1. The van der Waals surface area contributed by atoms with Crippen LogP contribution < -0.4 is 10.1 Å². The summed E-state index contributed by atoms with van der Waals surface area (Å²) in [6.45, 7) is 0.600. The van der Waals surface area contributed by atoms with Crippen molar-refractivity contribution in [3.05, 3.63) is 47.8 Å². The molecule has 0 spiro atoms. The molecule has 0 radical (unpaired) electrons. The summed E-state index contributed by atoms with van der Waals surface area (Å²) in [5, 5.41) is 12.2. The Bertz CT molecular complexity index is 590. The van der Waals surface area contributed by atoms with Crippen LogP contribution >= 0.6 is 0 Å². The zero-order valence-corrected chi connectivity index (χ0v) is 10.9. The van der Waals surface area contributed by atoms with Gasteiger partial charge in [0.15, 0.2) is 0 Å². The zero-order chi connectivity index (χ0) is 13.8. The highest BCUT2D eigenvalue weighted by molar-refractivity contribution is 5.89. The third-order valence-corrected chi connectivity index (χ3v) is 2.96. The van der Waals surface area contributed by atoms with Crippen molar-refractivity contribution in [1.82, 2.24) is 4.57 Å². The lowest BCUT2D eigenvalue weighted by molar-refractivity contribution is 0.0697. The Hall–Kier alpha value is -2.43. The number of carbonyl (C=O) groups is 1. The van der Waals surface area contributed by atoms with Gasteiger partial charge in [-0.05, 0) is 30.3 Å². The molecule has 2 aromatic rings. The van der Waals surface area contributed by atoms with Crippen LogP contribution in [0, 0.1) is 0 Å². The number of hydrogen-bond acceptors (Lipinski definition) is 3. The molecule has 0 fully saturated rings. The maximum atomic E-state index is 11.0. The number of anilines is 1. The Morgan fingerprint density at radius 2 is 2.21 bits per heavy atom. The van der Waals surface area contributed by atoms with Crippen LogP contribution in [0.3, 0.4) is 0 Å². The van der Waals surface area contributed by atoms with Crippen LogP contribution in [0.15, 0.2) is 36.5 Å². The molecule has 0 saturated heterocycles. The minimum absolute atomic E-state index is 0.232. The molecule has 1 aromatic heterocycles. The molecular formula is C14H16N2O3. The number of carboxylic acids is 1. The smallest absolute Gasteiger partial charge is 0.335 e. The van der Waals surface area contributed by atoms with Crippen molar-refractivity contribution < 1.29 is 14.6 Å². The summed E-state index contributed by atoms with van der Waals surface area (Å²) in [6.07, 6.45) is 1.96. The highest BCUT2D eigenvalue weighted by Gasteiger charge is 2.09. The molecule has 0 amide bonds. The van der Waals surface area contributed by atoms with Gasteiger partial charge in [0.2, 0.25) is 0 Å². The minimum atomic E-state index is -0.954. The summed E-state index contributed by atoms with van der Waals surface area (Å²) < 4.78 is 7.22. The first-order chi connectivity index (χ1) is 9.11. The molecule has 0 saturated carbocycles. The van der Waals surface area contributed by atoms with Crippen LogP contribution in [0.4, 0.5) is 5.69 Å². The molecule has 100 valence electrons. The maximum absolute atomic E-state index is 11.0. The fourth-order valence-electron chi connectivity index (χ4n) is 1.85. The number of aryl methyl sites for hydroxylation is 1. The van der Waals surface area contributed by atoms with Gasteiger partial charge in [-0.3, -0.25) is 0 Å². The number of nitrogens with one attached hydrogen (secondary N) is 1. The zero-order valence-electron chi connectivity index (χ0n) is 10.9. The van der Waals surface area contributed by atoms with E-state index in [2.05, 4.69) is 5.32 Å². The molecule has 2 rings (SSSR count). The van der Waals surface area contributed by atoms with E-state index in [4.69, 9.17) is 9.84 Å². The van der Waals surface area contributed by atoms with Gasteiger partial charge in [0.25, 0.3) is 0 Å². The molecule has 0 atom stereocenters. The Kier molecular flexibility index (Phi) is 3.75. The van der Waals surface area contributed by atoms with Crippen LogP contribution in [0.5, 0.6) is 5.75 Å². The number of benzene rings is 1. The number of aromatic nitrogens is 1. The highest BCUT2D eigenvalue weighted by Crippen LogP contribution is 2.26. The topological polar surface area (TPSA) is 63.5 Å². The van der Waals surface area contributed by atoms with Crippen molar-refractivity contribution in [3.63, 3.8) is 0 Å². The summed E-state index contributed by atoms with van der Waals surface area (Å²) >= 11 is 0. The third kappa shape index (κ3) is 2.88. The number of aromatic carboxylic acids is 1. The normalized spacial score (nSPS) is 10.2. The fourth-order valence-corrected chi connectivity index (χ4v) is 1.85. The molecule has 0 unspecified atom stereocenters. The average molecular weight is 260 g/mol. The molecule has 1 aromatic carbocycles. The van der Waals surface area contributed by atoms with E-state index in [9.17, 15) is 4.79 Å². The lowest BCUT2D eigenvalue weighted by Crippen LogP contribution is -2.06. The Morgan fingerprint density at radius 3 is 2.79 bits per heavy atom. The molecule has 0 bridgehead atoms. The predicted octanol–water partition coefficient (Wildman–Crippen LogP) is 2.34. The van der Waals surface area contributed by atoms with Crippen molar-refractivity contribution in [3.8, 4) is 5.75 Å². The van der Waals surface area contributed by atoms with Crippen LogP contribution in [0.25, 0.3) is 0 Å². The van der Waals surface area contributed by atoms with Gasteiger partial charge in [-0.25, -0.2) is 4.79 Å². The summed E-state index contributed by atoms with van der Waals surface area (Å²) in [5.41, 5.74) is 2.00. The average Bonchev–Trinajstić information content (AvgIpc) is 2.81. The first kappa shape index (κ1) is 13.0.